The van der Waals surface area contributed by atoms with Gasteiger partial charge in [-0.25, -0.2) is 4.39 Å². The van der Waals surface area contributed by atoms with Gasteiger partial charge < -0.3 is 5.11 Å². The van der Waals surface area contributed by atoms with Crippen LogP contribution in [0.3, 0.4) is 0 Å². The summed E-state index contributed by atoms with van der Waals surface area (Å²) >= 11 is 1.58. The fraction of sp³-hybridized carbons (Fsp3) is 0.600. The Balaban J connectivity index is 2.25. The third kappa shape index (κ3) is 1.76. The Morgan fingerprint density at radius 3 is 2.92 bits per heavy atom. The van der Waals surface area contributed by atoms with E-state index in [0.29, 0.717) is 0 Å². The van der Waals surface area contributed by atoms with E-state index in [1.54, 1.807) is 11.3 Å². The molecule has 0 aliphatic heterocycles. The number of thiophene rings is 1. The first kappa shape index (κ1) is 9.16. The number of aliphatic hydroxyl groups excluding tert-OH is 1. The molecule has 1 nitrogen and oxygen atoms in total. The minimum Gasteiger partial charge on any atom is -0.385 e. The summed E-state index contributed by atoms with van der Waals surface area (Å²) in [5.74, 6) is 0. The van der Waals surface area contributed by atoms with Gasteiger partial charge in [-0.15, -0.1) is 11.3 Å². The molecule has 1 N–H and O–H groups in total. The van der Waals surface area contributed by atoms with E-state index in [4.69, 9.17) is 0 Å². The molecule has 3 heteroatoms. The summed E-state index contributed by atoms with van der Waals surface area (Å²) < 4.78 is 12.2. The van der Waals surface area contributed by atoms with Crippen molar-refractivity contribution >= 4 is 11.3 Å². The maximum atomic E-state index is 12.2. The molecule has 0 radical (unpaired) electrons. The lowest BCUT2D eigenvalue weighted by Gasteiger charge is -2.08. The molecule has 1 atom stereocenters. The van der Waals surface area contributed by atoms with Crippen molar-refractivity contribution in [2.24, 2.45) is 0 Å². The van der Waals surface area contributed by atoms with Crippen molar-refractivity contribution in [3.05, 3.63) is 21.4 Å². The molecule has 0 aromatic carbocycles. The lowest BCUT2D eigenvalue weighted by molar-refractivity contribution is 0.145. The normalized spacial score (nSPS) is 18.3. The summed E-state index contributed by atoms with van der Waals surface area (Å²) in [6, 6.07) is 1.98. The largest absolute Gasteiger partial charge is 0.385 e. The Kier molecular flexibility index (Phi) is 2.65. The summed E-state index contributed by atoms with van der Waals surface area (Å²) in [7, 11) is 0. The molecule has 1 unspecified atom stereocenters. The highest BCUT2D eigenvalue weighted by Gasteiger charge is 2.17. The van der Waals surface area contributed by atoms with Gasteiger partial charge in [-0.1, -0.05) is 0 Å². The molecule has 0 saturated carbocycles. The smallest absolute Gasteiger partial charge is 0.120 e. The van der Waals surface area contributed by atoms with E-state index in [1.807, 2.05) is 6.07 Å². The van der Waals surface area contributed by atoms with Crippen LogP contribution in [0.1, 0.15) is 34.3 Å². The van der Waals surface area contributed by atoms with Gasteiger partial charge in [-0.2, -0.15) is 0 Å². The van der Waals surface area contributed by atoms with Crippen LogP contribution in [-0.2, 0) is 12.8 Å². The van der Waals surface area contributed by atoms with Gasteiger partial charge in [0.15, 0.2) is 0 Å². The second kappa shape index (κ2) is 3.76. The maximum absolute atomic E-state index is 12.2. The summed E-state index contributed by atoms with van der Waals surface area (Å²) in [5.41, 5.74) is 1.33. The number of hydrogen-bond donors (Lipinski definition) is 1. The van der Waals surface area contributed by atoms with Crippen molar-refractivity contribution in [3.8, 4) is 0 Å². The molecule has 1 aliphatic rings. The Morgan fingerprint density at radius 1 is 1.46 bits per heavy atom. The van der Waals surface area contributed by atoms with Crippen molar-refractivity contribution in [2.75, 3.05) is 6.67 Å². The molecule has 1 aliphatic carbocycles. The quantitative estimate of drug-likeness (QED) is 0.778. The third-order valence-electron chi connectivity index (χ3n) is 2.49. The average molecular weight is 200 g/mol. The zero-order valence-corrected chi connectivity index (χ0v) is 8.24. The standard InChI is InChI=1S/C10H13FOS/c11-6-8(12)10-5-7-3-1-2-4-9(7)13-10/h5,8,12H,1-4,6H2. The molecule has 1 aromatic heterocycles. The van der Waals surface area contributed by atoms with Crippen LogP contribution < -0.4 is 0 Å². The molecule has 0 saturated heterocycles. The van der Waals surface area contributed by atoms with Crippen LogP contribution in [0.25, 0.3) is 0 Å². The minimum absolute atomic E-state index is 0.667. The highest BCUT2D eigenvalue weighted by atomic mass is 32.1. The number of fused-ring (bicyclic) bond motifs is 1. The van der Waals surface area contributed by atoms with Gasteiger partial charge in [-0.05, 0) is 37.3 Å². The van der Waals surface area contributed by atoms with Crippen LogP contribution in [0.2, 0.25) is 0 Å². The van der Waals surface area contributed by atoms with Gasteiger partial charge in [0, 0.05) is 9.75 Å². The van der Waals surface area contributed by atoms with Gasteiger partial charge in [0.1, 0.15) is 12.8 Å². The molecular weight excluding hydrogens is 187 g/mol. The van der Waals surface area contributed by atoms with Gasteiger partial charge in [-0.3, -0.25) is 0 Å². The number of rotatable bonds is 2. The van der Waals surface area contributed by atoms with Gasteiger partial charge in [0.25, 0.3) is 0 Å². The van der Waals surface area contributed by atoms with Crippen molar-refractivity contribution in [1.29, 1.82) is 0 Å². The fourth-order valence-electron chi connectivity index (χ4n) is 1.75. The molecule has 0 bridgehead atoms. The highest BCUT2D eigenvalue weighted by Crippen LogP contribution is 2.32. The van der Waals surface area contributed by atoms with E-state index in [0.717, 1.165) is 17.7 Å². The first-order valence-corrected chi connectivity index (χ1v) is 5.48. The topological polar surface area (TPSA) is 20.2 Å². The number of halogens is 1. The number of hydrogen-bond acceptors (Lipinski definition) is 2. The first-order chi connectivity index (χ1) is 6.31. The second-order valence-electron chi connectivity index (χ2n) is 3.47. The predicted octanol–water partition coefficient (Wildman–Crippen LogP) is 2.63. The van der Waals surface area contributed by atoms with Crippen LogP contribution in [0, 0.1) is 0 Å². The summed E-state index contributed by atoms with van der Waals surface area (Å²) in [6.07, 6.45) is 3.79. The van der Waals surface area contributed by atoms with E-state index in [1.165, 1.54) is 23.3 Å². The molecule has 1 aromatic rings. The minimum atomic E-state index is -0.893. The van der Waals surface area contributed by atoms with Crippen LogP contribution in [0.5, 0.6) is 0 Å². The highest BCUT2D eigenvalue weighted by molar-refractivity contribution is 7.12. The SMILES string of the molecule is OC(CF)c1cc2c(s1)CCCC2. The lowest BCUT2D eigenvalue weighted by atomic mass is 9.99. The second-order valence-corrected chi connectivity index (χ2v) is 4.64. The lowest BCUT2D eigenvalue weighted by Crippen LogP contribution is -1.97. The van der Waals surface area contributed by atoms with Crippen molar-refractivity contribution in [2.45, 2.75) is 31.8 Å². The van der Waals surface area contributed by atoms with Crippen molar-refractivity contribution < 1.29 is 9.50 Å². The van der Waals surface area contributed by atoms with E-state index in [9.17, 15) is 9.50 Å². The Labute approximate surface area is 81.2 Å². The zero-order chi connectivity index (χ0) is 9.26. The Bertz CT molecular complexity index is 272. The monoisotopic (exact) mass is 200 g/mol. The van der Waals surface area contributed by atoms with E-state index in [2.05, 4.69) is 0 Å². The van der Waals surface area contributed by atoms with Crippen LogP contribution in [0.15, 0.2) is 6.07 Å². The molecular formula is C10H13FOS. The number of aryl methyl sites for hydroxylation is 2. The molecule has 0 fully saturated rings. The molecule has 0 spiro atoms. The fourth-order valence-corrected chi connectivity index (χ4v) is 2.98. The Morgan fingerprint density at radius 2 is 2.23 bits per heavy atom. The molecule has 72 valence electrons. The number of alkyl halides is 1. The predicted molar refractivity (Wildman–Crippen MR) is 51.9 cm³/mol. The number of aliphatic hydroxyl groups is 1. The van der Waals surface area contributed by atoms with Crippen molar-refractivity contribution in [1.82, 2.24) is 0 Å². The van der Waals surface area contributed by atoms with E-state index < -0.39 is 12.8 Å². The molecule has 13 heavy (non-hydrogen) atoms. The van der Waals surface area contributed by atoms with Gasteiger partial charge in [0.05, 0.1) is 0 Å². The van der Waals surface area contributed by atoms with Crippen LogP contribution >= 0.6 is 11.3 Å². The van der Waals surface area contributed by atoms with Crippen LogP contribution in [0.4, 0.5) is 4.39 Å². The van der Waals surface area contributed by atoms with Crippen LogP contribution in [-0.4, -0.2) is 11.8 Å². The summed E-state index contributed by atoms with van der Waals surface area (Å²) in [6.45, 7) is -0.667. The molecule has 1 heterocycles. The summed E-state index contributed by atoms with van der Waals surface area (Å²) in [4.78, 5) is 2.16. The molecule has 0 amide bonds. The van der Waals surface area contributed by atoms with Crippen molar-refractivity contribution in [3.63, 3.8) is 0 Å². The Hall–Kier alpha value is -0.410. The van der Waals surface area contributed by atoms with E-state index >= 15 is 0 Å². The summed E-state index contributed by atoms with van der Waals surface area (Å²) in [5, 5.41) is 9.31. The molecule has 2 rings (SSSR count). The van der Waals surface area contributed by atoms with Gasteiger partial charge in [0.2, 0.25) is 0 Å². The zero-order valence-electron chi connectivity index (χ0n) is 7.42. The van der Waals surface area contributed by atoms with E-state index in [-0.39, 0.29) is 0 Å². The first-order valence-electron chi connectivity index (χ1n) is 4.67. The maximum Gasteiger partial charge on any atom is 0.120 e. The third-order valence-corrected chi connectivity index (χ3v) is 3.83. The van der Waals surface area contributed by atoms with Gasteiger partial charge >= 0.3 is 0 Å². The average Bonchev–Trinajstić information content (AvgIpc) is 2.59.